The second kappa shape index (κ2) is 8.97. The highest BCUT2D eigenvalue weighted by molar-refractivity contribution is 4.78. The van der Waals surface area contributed by atoms with Crippen LogP contribution in [0.25, 0.3) is 0 Å². The van der Waals surface area contributed by atoms with Crippen molar-refractivity contribution in [2.75, 3.05) is 20.1 Å². The summed E-state index contributed by atoms with van der Waals surface area (Å²) in [5, 5.41) is 0. The molecule has 0 bridgehead atoms. The van der Waals surface area contributed by atoms with Crippen LogP contribution in [0.15, 0.2) is 0 Å². The van der Waals surface area contributed by atoms with E-state index in [1.807, 2.05) is 0 Å². The minimum Gasteiger partial charge on any atom is -0.330 e. The molecule has 1 atom stereocenters. The van der Waals surface area contributed by atoms with Gasteiger partial charge in [0.15, 0.2) is 0 Å². The molecule has 0 aromatic heterocycles. The normalized spacial score (nSPS) is 26.1. The lowest BCUT2D eigenvalue weighted by Gasteiger charge is -2.35. The van der Waals surface area contributed by atoms with Crippen LogP contribution in [0.1, 0.15) is 65.7 Å². The maximum absolute atomic E-state index is 5.90. The fraction of sp³-hybridized carbons (Fsp3) is 1.00. The van der Waals surface area contributed by atoms with Crippen molar-refractivity contribution < 1.29 is 0 Å². The van der Waals surface area contributed by atoms with E-state index >= 15 is 0 Å². The largest absolute Gasteiger partial charge is 0.330 e. The van der Waals surface area contributed by atoms with E-state index in [1.165, 1.54) is 51.5 Å². The van der Waals surface area contributed by atoms with Gasteiger partial charge in [-0.2, -0.15) is 0 Å². The van der Waals surface area contributed by atoms with E-state index in [0.717, 1.165) is 30.3 Å². The van der Waals surface area contributed by atoms with Crippen molar-refractivity contribution in [3.05, 3.63) is 0 Å². The zero-order valence-electron chi connectivity index (χ0n) is 13.7. The highest BCUT2D eigenvalue weighted by atomic mass is 15.1. The molecule has 1 aliphatic carbocycles. The van der Waals surface area contributed by atoms with Gasteiger partial charge in [0.05, 0.1) is 0 Å². The number of nitrogens with zero attached hydrogens (tertiary/aromatic N) is 1. The van der Waals surface area contributed by atoms with Gasteiger partial charge >= 0.3 is 0 Å². The van der Waals surface area contributed by atoms with Crippen LogP contribution in [0.2, 0.25) is 0 Å². The van der Waals surface area contributed by atoms with Crippen LogP contribution < -0.4 is 5.73 Å². The fourth-order valence-corrected chi connectivity index (χ4v) is 3.56. The molecule has 0 heterocycles. The first kappa shape index (κ1) is 17.0. The second-order valence-electron chi connectivity index (χ2n) is 7.08. The third kappa shape index (κ3) is 6.27. The molecule has 2 nitrogen and oxygen atoms in total. The molecule has 0 aromatic rings. The molecule has 1 aliphatic rings. The summed E-state index contributed by atoms with van der Waals surface area (Å²) in [6.45, 7) is 9.04. The molecule has 1 fully saturated rings. The van der Waals surface area contributed by atoms with E-state index in [1.54, 1.807) is 0 Å². The van der Waals surface area contributed by atoms with E-state index in [-0.39, 0.29) is 0 Å². The van der Waals surface area contributed by atoms with Gasteiger partial charge in [-0.15, -0.1) is 0 Å². The highest BCUT2D eigenvalue weighted by Crippen LogP contribution is 2.29. The molecule has 19 heavy (non-hydrogen) atoms. The van der Waals surface area contributed by atoms with Gasteiger partial charge in [-0.05, 0) is 76.4 Å². The maximum Gasteiger partial charge on any atom is 0.00924 e. The SMILES string of the molecule is CCC1CCC(N(C)CCC(CN)CC(C)C)CC1. The van der Waals surface area contributed by atoms with Crippen molar-refractivity contribution in [3.8, 4) is 0 Å². The van der Waals surface area contributed by atoms with Crippen LogP contribution in [0.4, 0.5) is 0 Å². The summed E-state index contributed by atoms with van der Waals surface area (Å²) in [4.78, 5) is 2.61. The Balaban J connectivity index is 2.25. The van der Waals surface area contributed by atoms with Gasteiger partial charge in [0, 0.05) is 6.04 Å². The molecule has 0 spiro atoms. The molecule has 1 rings (SSSR count). The molecule has 0 aliphatic heterocycles. The monoisotopic (exact) mass is 268 g/mol. The van der Waals surface area contributed by atoms with Crippen LogP contribution in [0, 0.1) is 17.8 Å². The molecule has 114 valence electrons. The first-order valence-electron chi connectivity index (χ1n) is 8.47. The number of rotatable bonds is 8. The van der Waals surface area contributed by atoms with Crippen LogP contribution in [-0.2, 0) is 0 Å². The lowest BCUT2D eigenvalue weighted by atomic mass is 9.84. The van der Waals surface area contributed by atoms with Gasteiger partial charge in [0.1, 0.15) is 0 Å². The number of nitrogens with two attached hydrogens (primary N) is 1. The van der Waals surface area contributed by atoms with Crippen molar-refractivity contribution in [2.45, 2.75) is 71.8 Å². The molecule has 2 heteroatoms. The van der Waals surface area contributed by atoms with Crippen molar-refractivity contribution in [3.63, 3.8) is 0 Å². The summed E-state index contributed by atoms with van der Waals surface area (Å²) >= 11 is 0. The number of hydrogen-bond donors (Lipinski definition) is 1. The first-order valence-corrected chi connectivity index (χ1v) is 8.47. The quantitative estimate of drug-likeness (QED) is 0.723. The van der Waals surface area contributed by atoms with Gasteiger partial charge in [-0.25, -0.2) is 0 Å². The first-order chi connectivity index (χ1) is 9.06. The Hall–Kier alpha value is -0.0800. The molecule has 1 unspecified atom stereocenters. The topological polar surface area (TPSA) is 29.3 Å². The van der Waals surface area contributed by atoms with Gasteiger partial charge in [-0.3, -0.25) is 0 Å². The standard InChI is InChI=1S/C17H36N2/c1-5-15-6-8-17(9-7-15)19(4)11-10-16(13-18)12-14(2)3/h14-17H,5-13,18H2,1-4H3. The fourth-order valence-electron chi connectivity index (χ4n) is 3.56. The van der Waals surface area contributed by atoms with E-state index < -0.39 is 0 Å². The average Bonchev–Trinajstić information content (AvgIpc) is 2.42. The molecule has 2 N–H and O–H groups in total. The molecule has 0 saturated heterocycles. The molecular weight excluding hydrogens is 232 g/mol. The zero-order chi connectivity index (χ0) is 14.3. The summed E-state index contributed by atoms with van der Waals surface area (Å²) in [5.41, 5.74) is 5.90. The lowest BCUT2D eigenvalue weighted by Crippen LogP contribution is -2.37. The Morgan fingerprint density at radius 1 is 1.16 bits per heavy atom. The van der Waals surface area contributed by atoms with Gasteiger partial charge in [0.2, 0.25) is 0 Å². The second-order valence-corrected chi connectivity index (χ2v) is 7.08. The van der Waals surface area contributed by atoms with Crippen molar-refractivity contribution in [1.82, 2.24) is 4.90 Å². The lowest BCUT2D eigenvalue weighted by molar-refractivity contribution is 0.154. The van der Waals surface area contributed by atoms with Crippen LogP contribution in [0.3, 0.4) is 0 Å². The van der Waals surface area contributed by atoms with E-state index in [4.69, 9.17) is 5.73 Å². The third-order valence-electron chi connectivity index (χ3n) is 5.05. The summed E-state index contributed by atoms with van der Waals surface area (Å²) in [7, 11) is 2.32. The Bertz CT molecular complexity index is 219. The summed E-state index contributed by atoms with van der Waals surface area (Å²) in [6.07, 6.45) is 9.64. The van der Waals surface area contributed by atoms with Crippen LogP contribution >= 0.6 is 0 Å². The zero-order valence-corrected chi connectivity index (χ0v) is 13.7. The summed E-state index contributed by atoms with van der Waals surface area (Å²) in [6, 6.07) is 0.834. The van der Waals surface area contributed by atoms with Crippen LogP contribution in [0.5, 0.6) is 0 Å². The number of hydrogen-bond acceptors (Lipinski definition) is 2. The van der Waals surface area contributed by atoms with Crippen molar-refractivity contribution in [2.24, 2.45) is 23.5 Å². The average molecular weight is 268 g/mol. The maximum atomic E-state index is 5.90. The molecule has 0 aromatic carbocycles. The summed E-state index contributed by atoms with van der Waals surface area (Å²) < 4.78 is 0. The minimum absolute atomic E-state index is 0.717. The van der Waals surface area contributed by atoms with Crippen molar-refractivity contribution in [1.29, 1.82) is 0 Å². The smallest absolute Gasteiger partial charge is 0.00924 e. The summed E-state index contributed by atoms with van der Waals surface area (Å²) in [5.74, 6) is 2.50. The van der Waals surface area contributed by atoms with Gasteiger partial charge < -0.3 is 10.6 Å². The van der Waals surface area contributed by atoms with Crippen LogP contribution in [-0.4, -0.2) is 31.1 Å². The predicted molar refractivity (Wildman–Crippen MR) is 85.3 cm³/mol. The van der Waals surface area contributed by atoms with Gasteiger partial charge in [-0.1, -0.05) is 27.2 Å². The molecule has 1 saturated carbocycles. The Labute approximate surface area is 121 Å². The van der Waals surface area contributed by atoms with E-state index in [0.29, 0.717) is 0 Å². The predicted octanol–water partition coefficient (Wildman–Crippen LogP) is 3.90. The minimum atomic E-state index is 0.717. The molecule has 0 radical (unpaired) electrons. The van der Waals surface area contributed by atoms with Crippen molar-refractivity contribution >= 4 is 0 Å². The molecule has 0 amide bonds. The Morgan fingerprint density at radius 3 is 2.26 bits per heavy atom. The molecular formula is C17H36N2. The van der Waals surface area contributed by atoms with E-state index in [2.05, 4.69) is 32.7 Å². The van der Waals surface area contributed by atoms with E-state index in [9.17, 15) is 0 Å². The Kier molecular flexibility index (Phi) is 8.01. The van der Waals surface area contributed by atoms with Gasteiger partial charge in [0.25, 0.3) is 0 Å². The third-order valence-corrected chi connectivity index (χ3v) is 5.05. The highest BCUT2D eigenvalue weighted by Gasteiger charge is 2.23. The Morgan fingerprint density at radius 2 is 1.79 bits per heavy atom.